The predicted octanol–water partition coefficient (Wildman–Crippen LogP) is 4.57. The minimum absolute atomic E-state index is 0.0134. The lowest BCUT2D eigenvalue weighted by atomic mass is 9.87. The molecule has 1 aliphatic rings. The van der Waals surface area contributed by atoms with E-state index in [0.717, 1.165) is 11.1 Å². The highest BCUT2D eigenvalue weighted by atomic mass is 32.2. The molecule has 2 aromatic rings. The van der Waals surface area contributed by atoms with Crippen LogP contribution >= 0.6 is 0 Å². The number of aryl methyl sites for hydroxylation is 2. The van der Waals surface area contributed by atoms with Crippen molar-refractivity contribution in [1.82, 2.24) is 4.31 Å². The van der Waals surface area contributed by atoms with E-state index in [0.29, 0.717) is 19.3 Å². The Morgan fingerprint density at radius 3 is 2.00 bits per heavy atom. The summed E-state index contributed by atoms with van der Waals surface area (Å²) in [5.41, 5.74) is 10.6. The molecule has 11 heteroatoms. The Bertz CT molecular complexity index is 1240. The first kappa shape index (κ1) is 26.2. The summed E-state index contributed by atoms with van der Waals surface area (Å²) in [7, 11) is -7.99. The summed E-state index contributed by atoms with van der Waals surface area (Å²) in [5, 5.41) is 3.67. The molecular weight excluding hydrogens is 476 g/mol. The van der Waals surface area contributed by atoms with E-state index in [-0.39, 0.29) is 34.9 Å². The zero-order valence-corrected chi connectivity index (χ0v) is 21.2. The molecule has 0 aromatic heterocycles. The van der Waals surface area contributed by atoms with Gasteiger partial charge in [0.1, 0.15) is 0 Å². The number of hydrogen-bond acceptors (Lipinski definition) is 6. The fraction of sp³-hybridized carbons (Fsp3) is 0.478. The van der Waals surface area contributed by atoms with Gasteiger partial charge < -0.3 is 0 Å². The Labute approximate surface area is 201 Å². The van der Waals surface area contributed by atoms with Crippen LogP contribution in [0.5, 0.6) is 0 Å². The molecule has 34 heavy (non-hydrogen) atoms. The molecule has 0 radical (unpaired) electrons. The van der Waals surface area contributed by atoms with Gasteiger partial charge in [0, 0.05) is 17.5 Å². The third kappa shape index (κ3) is 5.97. The van der Waals surface area contributed by atoms with Crippen molar-refractivity contribution in [2.24, 2.45) is 11.0 Å². The van der Waals surface area contributed by atoms with Gasteiger partial charge >= 0.3 is 0 Å². The first-order chi connectivity index (χ1) is 16.1. The van der Waals surface area contributed by atoms with E-state index in [4.69, 9.17) is 9.71 Å². The Hall–Kier alpha value is -2.43. The lowest BCUT2D eigenvalue weighted by Gasteiger charge is -2.43. The summed E-state index contributed by atoms with van der Waals surface area (Å²) in [5.74, 6) is -0.0824. The largest absolute Gasteiger partial charge is 0.297 e. The summed E-state index contributed by atoms with van der Waals surface area (Å²) in [6.45, 7) is 5.50. The zero-order valence-electron chi connectivity index (χ0n) is 19.5. The van der Waals surface area contributed by atoms with Gasteiger partial charge in [0.25, 0.3) is 10.1 Å². The highest BCUT2D eigenvalue weighted by Gasteiger charge is 2.43. The standard InChI is InChI=1S/C23H30N4O5S2/c1-4-20-13-19(15-25-26-24)14-21(16-32-34(30,31)23-11-7-18(3)8-12-23)27(20)33(28,29)22-9-5-17(2)6-10-22/h5-12,19-21H,4,13-16H2,1-3H3/t19-,20+,21+/m1/s1. The maximum atomic E-state index is 13.7. The fourth-order valence-electron chi connectivity index (χ4n) is 4.33. The van der Waals surface area contributed by atoms with Crippen LogP contribution in [0.3, 0.4) is 0 Å². The Kier molecular flexibility index (Phi) is 8.38. The molecule has 9 nitrogen and oxygen atoms in total. The van der Waals surface area contributed by atoms with Crippen LogP contribution in [0.15, 0.2) is 63.4 Å². The highest BCUT2D eigenvalue weighted by Crippen LogP contribution is 2.35. The molecule has 0 saturated carbocycles. The maximum Gasteiger partial charge on any atom is 0.297 e. The zero-order chi connectivity index (χ0) is 24.9. The molecule has 3 rings (SSSR count). The van der Waals surface area contributed by atoms with Crippen molar-refractivity contribution in [2.75, 3.05) is 13.2 Å². The number of nitrogens with zero attached hydrogens (tertiary/aromatic N) is 4. The molecule has 0 N–H and O–H groups in total. The van der Waals surface area contributed by atoms with Gasteiger partial charge in [-0.05, 0) is 68.8 Å². The third-order valence-corrected chi connectivity index (χ3v) is 9.44. The number of rotatable bonds is 9. The SMILES string of the molecule is CC[C@H]1C[C@@H](CN=[N+]=[N-])C[C@@H](COS(=O)(=O)c2ccc(C)cc2)N1S(=O)(=O)c1ccc(C)cc1. The molecule has 2 aromatic carbocycles. The van der Waals surface area contributed by atoms with Crippen molar-refractivity contribution in [2.45, 2.75) is 61.9 Å². The lowest BCUT2D eigenvalue weighted by Crippen LogP contribution is -2.54. The molecular formula is C23H30N4O5S2. The van der Waals surface area contributed by atoms with Crippen LogP contribution in [0.2, 0.25) is 0 Å². The average molecular weight is 507 g/mol. The van der Waals surface area contributed by atoms with Gasteiger partial charge in [-0.3, -0.25) is 4.18 Å². The Balaban J connectivity index is 1.94. The van der Waals surface area contributed by atoms with Crippen molar-refractivity contribution < 1.29 is 21.0 Å². The van der Waals surface area contributed by atoms with Gasteiger partial charge in [-0.1, -0.05) is 47.4 Å². The number of hydrogen-bond donors (Lipinski definition) is 0. The van der Waals surface area contributed by atoms with Gasteiger partial charge in [-0.2, -0.15) is 12.7 Å². The van der Waals surface area contributed by atoms with Crippen LogP contribution < -0.4 is 0 Å². The number of azide groups is 1. The van der Waals surface area contributed by atoms with Crippen LogP contribution in [0, 0.1) is 19.8 Å². The lowest BCUT2D eigenvalue weighted by molar-refractivity contribution is 0.0953. The molecule has 1 fully saturated rings. The van der Waals surface area contributed by atoms with Crippen molar-refractivity contribution >= 4 is 20.1 Å². The second kappa shape index (κ2) is 10.9. The first-order valence-electron chi connectivity index (χ1n) is 11.2. The topological polar surface area (TPSA) is 130 Å². The van der Waals surface area contributed by atoms with Crippen LogP contribution in [0.25, 0.3) is 10.4 Å². The summed E-state index contributed by atoms with van der Waals surface area (Å²) < 4.78 is 59.7. The van der Waals surface area contributed by atoms with Crippen LogP contribution in [-0.2, 0) is 24.3 Å². The summed E-state index contributed by atoms with van der Waals surface area (Å²) in [6, 6.07) is 11.7. The quantitative estimate of drug-likeness (QED) is 0.213. The van der Waals surface area contributed by atoms with E-state index in [9.17, 15) is 16.8 Å². The number of sulfonamides is 1. The molecule has 184 valence electrons. The minimum atomic E-state index is -4.08. The molecule has 3 atom stereocenters. The van der Waals surface area contributed by atoms with E-state index in [2.05, 4.69) is 10.0 Å². The monoisotopic (exact) mass is 506 g/mol. The van der Waals surface area contributed by atoms with Gasteiger partial charge in [0.15, 0.2) is 0 Å². The van der Waals surface area contributed by atoms with Crippen molar-refractivity contribution in [3.8, 4) is 0 Å². The molecule has 0 spiro atoms. The molecule has 1 saturated heterocycles. The predicted molar refractivity (Wildman–Crippen MR) is 129 cm³/mol. The van der Waals surface area contributed by atoms with Gasteiger partial charge in [-0.25, -0.2) is 8.42 Å². The Morgan fingerprint density at radius 1 is 0.941 bits per heavy atom. The van der Waals surface area contributed by atoms with E-state index < -0.39 is 26.2 Å². The maximum absolute atomic E-state index is 13.7. The van der Waals surface area contributed by atoms with Gasteiger partial charge in [0.05, 0.1) is 22.4 Å². The summed E-state index contributed by atoms with van der Waals surface area (Å²) in [4.78, 5) is 2.99. The van der Waals surface area contributed by atoms with Crippen LogP contribution in [0.1, 0.15) is 37.3 Å². The summed E-state index contributed by atoms with van der Waals surface area (Å²) >= 11 is 0. The molecule has 1 aliphatic heterocycles. The van der Waals surface area contributed by atoms with Crippen LogP contribution in [-0.4, -0.2) is 46.4 Å². The third-order valence-electron chi connectivity index (χ3n) is 6.13. The summed E-state index contributed by atoms with van der Waals surface area (Å²) in [6.07, 6.45) is 1.37. The highest BCUT2D eigenvalue weighted by molar-refractivity contribution is 7.89. The van der Waals surface area contributed by atoms with Gasteiger partial charge in [0.2, 0.25) is 10.0 Å². The molecule has 0 bridgehead atoms. The van der Waals surface area contributed by atoms with Crippen molar-refractivity contribution in [3.05, 3.63) is 70.1 Å². The first-order valence-corrected chi connectivity index (χ1v) is 14.0. The van der Waals surface area contributed by atoms with Crippen LogP contribution in [0.4, 0.5) is 0 Å². The molecule has 0 aliphatic carbocycles. The molecule has 0 unspecified atom stereocenters. The van der Waals surface area contributed by atoms with E-state index in [1.54, 1.807) is 36.4 Å². The second-order valence-electron chi connectivity index (χ2n) is 8.67. The number of benzene rings is 2. The molecule has 0 amide bonds. The van der Waals surface area contributed by atoms with Gasteiger partial charge in [-0.15, -0.1) is 0 Å². The van der Waals surface area contributed by atoms with Crippen molar-refractivity contribution in [1.29, 1.82) is 0 Å². The molecule has 1 heterocycles. The van der Waals surface area contributed by atoms with E-state index >= 15 is 0 Å². The normalized spacial score (nSPS) is 21.7. The van der Waals surface area contributed by atoms with Crippen molar-refractivity contribution in [3.63, 3.8) is 0 Å². The van der Waals surface area contributed by atoms with E-state index in [1.165, 1.54) is 16.4 Å². The second-order valence-corrected chi connectivity index (χ2v) is 12.1. The smallest absolute Gasteiger partial charge is 0.265 e. The fourth-order valence-corrected chi connectivity index (χ4v) is 7.16. The van der Waals surface area contributed by atoms with E-state index in [1.807, 2.05) is 20.8 Å². The average Bonchev–Trinajstić information content (AvgIpc) is 2.81. The number of piperidine rings is 1. The minimum Gasteiger partial charge on any atom is -0.265 e. The Morgan fingerprint density at radius 2 is 1.47 bits per heavy atom.